The van der Waals surface area contributed by atoms with Crippen molar-refractivity contribution in [3.63, 3.8) is 0 Å². The third kappa shape index (κ3) is 15.3. The van der Waals surface area contributed by atoms with Gasteiger partial charge >= 0.3 is 5.97 Å². The predicted octanol–water partition coefficient (Wildman–Crippen LogP) is 9.57. The number of ether oxygens (including phenoxy) is 2. The van der Waals surface area contributed by atoms with Crippen molar-refractivity contribution in [1.82, 2.24) is 5.32 Å². The molecule has 3 fully saturated rings. The van der Waals surface area contributed by atoms with Crippen molar-refractivity contribution in [1.29, 1.82) is 0 Å². The number of carbonyl (C=O) groups excluding carboxylic acids is 2. The first kappa shape index (κ1) is 37.9. The normalized spacial score (nSPS) is 26.0. The first-order chi connectivity index (χ1) is 19.5. The third-order valence-corrected chi connectivity index (χ3v) is 9.90. The molecule has 0 heterocycles. The molecule has 0 saturated heterocycles. The van der Waals surface area contributed by atoms with E-state index < -0.39 is 0 Å². The molecule has 0 aliphatic heterocycles. The number of hydrogen-bond donors (Lipinski definition) is 1. The van der Waals surface area contributed by atoms with E-state index in [0.29, 0.717) is 18.4 Å². The minimum Gasteiger partial charge on any atom is -0.436 e. The van der Waals surface area contributed by atoms with Crippen LogP contribution in [0.15, 0.2) is 0 Å². The molecule has 0 radical (unpaired) electrons. The van der Waals surface area contributed by atoms with E-state index in [1.807, 2.05) is 20.8 Å². The Hall–Kier alpha value is -1.10. The molecule has 0 aromatic rings. The molecule has 5 heteroatoms. The number of esters is 1. The van der Waals surface area contributed by atoms with Crippen LogP contribution in [0, 0.1) is 47.3 Å². The summed E-state index contributed by atoms with van der Waals surface area (Å²) in [6, 6.07) is 0. The molecule has 0 bridgehead atoms. The van der Waals surface area contributed by atoms with Gasteiger partial charge in [0, 0.05) is 25.5 Å². The topological polar surface area (TPSA) is 64.6 Å². The maximum atomic E-state index is 12.1. The molecule has 3 aliphatic rings. The Morgan fingerprint density at radius 1 is 0.659 bits per heavy atom. The van der Waals surface area contributed by atoms with Crippen molar-refractivity contribution in [2.45, 2.75) is 158 Å². The molecule has 242 valence electrons. The highest BCUT2D eigenvalue weighted by atomic mass is 16.7. The van der Waals surface area contributed by atoms with Gasteiger partial charge in [-0.1, -0.05) is 106 Å². The molecule has 5 nitrogen and oxygen atoms in total. The molecule has 3 rings (SSSR count). The molecule has 0 spiro atoms. The van der Waals surface area contributed by atoms with E-state index in [-0.39, 0.29) is 30.0 Å². The Balaban J connectivity index is 0.000000324. The average Bonchev–Trinajstić information content (AvgIpc) is 2.98. The second-order valence-corrected chi connectivity index (χ2v) is 14.0. The first-order valence-electron chi connectivity index (χ1n) is 17.6. The van der Waals surface area contributed by atoms with Crippen molar-refractivity contribution in [2.24, 2.45) is 47.3 Å². The molecule has 1 amide bonds. The van der Waals surface area contributed by atoms with Gasteiger partial charge in [0.25, 0.3) is 0 Å². The molecule has 3 aliphatic carbocycles. The maximum absolute atomic E-state index is 12.1. The molecule has 5 unspecified atom stereocenters. The third-order valence-electron chi connectivity index (χ3n) is 9.90. The van der Waals surface area contributed by atoms with Crippen LogP contribution < -0.4 is 5.32 Å². The quantitative estimate of drug-likeness (QED) is 0.207. The lowest BCUT2D eigenvalue weighted by Gasteiger charge is -2.31. The number of hydrogen-bond acceptors (Lipinski definition) is 4. The standard InChI is InChI=1S/C15H28O3.C12H23NO.C9H18/c1-5-14(17-6-2)18-15(16)13-9-7-8-12(10-13)11(3)4;1-4-13-12(14)11-7-5-6-10(8-11)9(2)3;1-8(2)9-6-4-3-5-7-9/h11-14H,5-10H2,1-4H3;9-11H,4-8H2,1-3H3,(H,13,14);8-9H,3-7H2,1-2H3. The number of nitrogens with one attached hydrogen (secondary N) is 1. The van der Waals surface area contributed by atoms with Crippen molar-refractivity contribution < 1.29 is 19.1 Å². The highest BCUT2D eigenvalue weighted by Gasteiger charge is 2.31. The Morgan fingerprint density at radius 2 is 1.15 bits per heavy atom. The van der Waals surface area contributed by atoms with Gasteiger partial charge in [-0.2, -0.15) is 0 Å². The van der Waals surface area contributed by atoms with Gasteiger partial charge < -0.3 is 14.8 Å². The van der Waals surface area contributed by atoms with Crippen molar-refractivity contribution >= 4 is 11.9 Å². The minimum absolute atomic E-state index is 0.0550. The highest BCUT2D eigenvalue weighted by Crippen LogP contribution is 2.35. The van der Waals surface area contributed by atoms with Gasteiger partial charge in [-0.3, -0.25) is 9.59 Å². The average molecular weight is 580 g/mol. The van der Waals surface area contributed by atoms with Crippen LogP contribution in [0.25, 0.3) is 0 Å². The fourth-order valence-electron chi connectivity index (χ4n) is 6.88. The molecule has 0 aromatic carbocycles. The van der Waals surface area contributed by atoms with Crippen LogP contribution in [0.4, 0.5) is 0 Å². The summed E-state index contributed by atoms with van der Waals surface area (Å²) in [6.45, 7) is 21.0. The van der Waals surface area contributed by atoms with Gasteiger partial charge in [0.05, 0.1) is 5.92 Å². The lowest BCUT2D eigenvalue weighted by Crippen LogP contribution is -2.34. The summed E-state index contributed by atoms with van der Waals surface area (Å²) in [7, 11) is 0. The zero-order valence-electron chi connectivity index (χ0n) is 28.6. The second-order valence-electron chi connectivity index (χ2n) is 14.0. The van der Waals surface area contributed by atoms with E-state index in [0.717, 1.165) is 68.7 Å². The summed E-state index contributed by atoms with van der Waals surface area (Å²) >= 11 is 0. The van der Waals surface area contributed by atoms with Crippen LogP contribution >= 0.6 is 0 Å². The summed E-state index contributed by atoms with van der Waals surface area (Å²) in [5.41, 5.74) is 0. The molecule has 5 atom stereocenters. The number of carbonyl (C=O) groups is 2. The van der Waals surface area contributed by atoms with Crippen molar-refractivity contribution in [3.05, 3.63) is 0 Å². The molecule has 0 aromatic heterocycles. The van der Waals surface area contributed by atoms with E-state index >= 15 is 0 Å². The number of amides is 1. The largest absolute Gasteiger partial charge is 0.436 e. The SMILES string of the molecule is CC(C)C1CCCCC1.CCNC(=O)C1CCCC(C(C)C)C1.CCOC(CC)OC(=O)C1CCCC(C(C)C)C1. The van der Waals surface area contributed by atoms with E-state index in [1.165, 1.54) is 51.4 Å². The molecular formula is C36H69NO4. The lowest BCUT2D eigenvalue weighted by atomic mass is 9.76. The Bertz CT molecular complexity index is 685. The van der Waals surface area contributed by atoms with Crippen LogP contribution in [-0.4, -0.2) is 31.3 Å². The molecule has 3 saturated carbocycles. The molecular weight excluding hydrogens is 510 g/mol. The van der Waals surface area contributed by atoms with Gasteiger partial charge in [-0.15, -0.1) is 0 Å². The molecule has 1 N–H and O–H groups in total. The maximum Gasteiger partial charge on any atom is 0.311 e. The molecule has 41 heavy (non-hydrogen) atoms. The van der Waals surface area contributed by atoms with Crippen LogP contribution in [0.1, 0.15) is 152 Å². The van der Waals surface area contributed by atoms with Gasteiger partial charge in [0.15, 0.2) is 0 Å². The summed E-state index contributed by atoms with van der Waals surface area (Å²) in [6.07, 6.45) is 16.9. The van der Waals surface area contributed by atoms with E-state index in [2.05, 4.69) is 46.9 Å². The highest BCUT2D eigenvalue weighted by molar-refractivity contribution is 5.78. The smallest absolute Gasteiger partial charge is 0.311 e. The zero-order valence-corrected chi connectivity index (χ0v) is 28.6. The van der Waals surface area contributed by atoms with E-state index in [9.17, 15) is 9.59 Å². The van der Waals surface area contributed by atoms with Crippen molar-refractivity contribution in [2.75, 3.05) is 13.2 Å². The monoisotopic (exact) mass is 580 g/mol. The van der Waals surface area contributed by atoms with E-state index in [4.69, 9.17) is 9.47 Å². The Labute approximate surface area is 255 Å². The summed E-state index contributed by atoms with van der Waals surface area (Å²) in [4.78, 5) is 23.8. The van der Waals surface area contributed by atoms with Crippen molar-refractivity contribution in [3.8, 4) is 0 Å². The minimum atomic E-state index is -0.359. The fraction of sp³-hybridized carbons (Fsp3) is 0.944. The first-order valence-corrected chi connectivity index (χ1v) is 17.6. The van der Waals surface area contributed by atoms with Crippen LogP contribution in [-0.2, 0) is 19.1 Å². The van der Waals surface area contributed by atoms with Gasteiger partial charge in [-0.05, 0) is 75.0 Å². The van der Waals surface area contributed by atoms with Crippen LogP contribution in [0.2, 0.25) is 0 Å². The Kier molecular flexibility index (Phi) is 19.9. The Morgan fingerprint density at radius 3 is 1.59 bits per heavy atom. The fourth-order valence-corrected chi connectivity index (χ4v) is 6.88. The van der Waals surface area contributed by atoms with Gasteiger partial charge in [0.2, 0.25) is 12.2 Å². The van der Waals surface area contributed by atoms with Gasteiger partial charge in [-0.25, -0.2) is 0 Å². The van der Waals surface area contributed by atoms with Gasteiger partial charge in [0.1, 0.15) is 0 Å². The van der Waals surface area contributed by atoms with Crippen LogP contribution in [0.3, 0.4) is 0 Å². The second kappa shape index (κ2) is 21.6. The summed E-state index contributed by atoms with van der Waals surface area (Å²) in [5.74, 6) is 5.40. The summed E-state index contributed by atoms with van der Waals surface area (Å²) < 4.78 is 10.8. The lowest BCUT2D eigenvalue weighted by molar-refractivity contribution is -0.184. The predicted molar refractivity (Wildman–Crippen MR) is 172 cm³/mol. The van der Waals surface area contributed by atoms with Crippen LogP contribution in [0.5, 0.6) is 0 Å². The zero-order chi connectivity index (χ0) is 30.8. The number of rotatable bonds is 10. The van der Waals surface area contributed by atoms with E-state index in [1.54, 1.807) is 0 Å². The summed E-state index contributed by atoms with van der Waals surface area (Å²) in [5, 5.41) is 2.94.